The number of esters is 1. The van der Waals surface area contributed by atoms with Gasteiger partial charge < -0.3 is 4.74 Å². The predicted octanol–water partition coefficient (Wildman–Crippen LogP) is 3.34. The van der Waals surface area contributed by atoms with Crippen molar-refractivity contribution in [2.24, 2.45) is 0 Å². The normalized spacial score (nSPS) is 10.5. The highest BCUT2D eigenvalue weighted by molar-refractivity contribution is 5.89. The lowest BCUT2D eigenvalue weighted by atomic mass is 10.2. The topological polar surface area (TPSA) is 39.2 Å². The fourth-order valence-corrected chi connectivity index (χ4v) is 1.57. The maximum atomic E-state index is 11.6. The van der Waals surface area contributed by atoms with Gasteiger partial charge >= 0.3 is 5.97 Å². The number of hydrogen-bond donors (Lipinski definition) is 0. The lowest BCUT2D eigenvalue weighted by Crippen LogP contribution is -2.05. The molecule has 3 nitrogen and oxygen atoms in total. The van der Waals surface area contributed by atoms with Crippen molar-refractivity contribution < 1.29 is 9.53 Å². The molecule has 3 heteroatoms. The number of nitrogens with zero attached hydrogens (tertiary/aromatic N) is 1. The first-order chi connectivity index (χ1) is 9.36. The van der Waals surface area contributed by atoms with E-state index in [9.17, 15) is 4.79 Å². The van der Waals surface area contributed by atoms with Crippen LogP contribution in [0.3, 0.4) is 0 Å². The fraction of sp³-hybridized carbons (Fsp3) is 0.125. The molecular weight excluding hydrogens is 238 g/mol. The van der Waals surface area contributed by atoms with E-state index in [4.69, 9.17) is 4.74 Å². The highest BCUT2D eigenvalue weighted by atomic mass is 16.5. The molecule has 0 spiro atoms. The van der Waals surface area contributed by atoms with Gasteiger partial charge in [0.15, 0.2) is 0 Å². The van der Waals surface area contributed by atoms with Gasteiger partial charge in [-0.2, -0.15) is 0 Å². The van der Waals surface area contributed by atoms with Crippen LogP contribution in [0.1, 0.15) is 22.3 Å². The first-order valence-electron chi connectivity index (χ1n) is 6.15. The van der Waals surface area contributed by atoms with Crippen LogP contribution in [0.2, 0.25) is 0 Å². The van der Waals surface area contributed by atoms with E-state index in [2.05, 4.69) is 4.98 Å². The number of carbonyl (C=O) groups is 1. The number of hydrogen-bond acceptors (Lipinski definition) is 3. The van der Waals surface area contributed by atoms with Crippen molar-refractivity contribution >= 4 is 12.0 Å². The Balaban J connectivity index is 1.73. The standard InChI is InChI=1S/C16H15NO2/c18-16(15-7-2-1-3-8-15)19-13-5-4-6-14-9-11-17-12-10-14/h1-4,6-12H,5,13H2/b6-4+. The summed E-state index contributed by atoms with van der Waals surface area (Å²) in [6.45, 7) is 0.384. The van der Waals surface area contributed by atoms with Gasteiger partial charge in [-0.25, -0.2) is 4.79 Å². The second kappa shape index (κ2) is 7.11. The van der Waals surface area contributed by atoms with Gasteiger partial charge in [0.25, 0.3) is 0 Å². The SMILES string of the molecule is O=C(OCC/C=C/c1ccncc1)c1ccccc1. The molecule has 0 saturated carbocycles. The quantitative estimate of drug-likeness (QED) is 0.606. The van der Waals surface area contributed by atoms with Gasteiger partial charge in [0.05, 0.1) is 12.2 Å². The average Bonchev–Trinajstić information content (AvgIpc) is 2.49. The van der Waals surface area contributed by atoms with E-state index in [1.54, 1.807) is 24.5 Å². The fourth-order valence-electron chi connectivity index (χ4n) is 1.57. The van der Waals surface area contributed by atoms with Crippen molar-refractivity contribution in [3.05, 3.63) is 72.1 Å². The Labute approximate surface area is 112 Å². The highest BCUT2D eigenvalue weighted by Crippen LogP contribution is 2.03. The van der Waals surface area contributed by atoms with Gasteiger partial charge in [-0.3, -0.25) is 4.98 Å². The van der Waals surface area contributed by atoms with Gasteiger partial charge in [-0.1, -0.05) is 30.4 Å². The first kappa shape index (κ1) is 13.0. The van der Waals surface area contributed by atoms with Gasteiger partial charge in [-0.05, 0) is 36.2 Å². The molecule has 2 aromatic rings. The average molecular weight is 253 g/mol. The molecule has 0 fully saturated rings. The van der Waals surface area contributed by atoms with Crippen molar-refractivity contribution in [2.75, 3.05) is 6.61 Å². The number of ether oxygens (including phenoxy) is 1. The Morgan fingerprint density at radius 1 is 1.11 bits per heavy atom. The summed E-state index contributed by atoms with van der Waals surface area (Å²) in [7, 11) is 0. The molecule has 1 aromatic carbocycles. The summed E-state index contributed by atoms with van der Waals surface area (Å²) in [5.41, 5.74) is 1.67. The van der Waals surface area contributed by atoms with E-state index in [0.717, 1.165) is 5.56 Å². The van der Waals surface area contributed by atoms with E-state index < -0.39 is 0 Å². The van der Waals surface area contributed by atoms with E-state index in [0.29, 0.717) is 18.6 Å². The Morgan fingerprint density at radius 2 is 1.84 bits per heavy atom. The molecule has 0 atom stereocenters. The van der Waals surface area contributed by atoms with Crippen molar-refractivity contribution in [3.8, 4) is 0 Å². The summed E-state index contributed by atoms with van der Waals surface area (Å²) in [4.78, 5) is 15.6. The van der Waals surface area contributed by atoms with Crippen LogP contribution in [0.5, 0.6) is 0 Å². The van der Waals surface area contributed by atoms with Crippen LogP contribution in [0.4, 0.5) is 0 Å². The van der Waals surface area contributed by atoms with Gasteiger partial charge in [0.2, 0.25) is 0 Å². The maximum absolute atomic E-state index is 11.6. The first-order valence-corrected chi connectivity index (χ1v) is 6.15. The maximum Gasteiger partial charge on any atom is 0.338 e. The molecule has 0 N–H and O–H groups in total. The molecule has 1 heterocycles. The number of pyridine rings is 1. The second-order valence-corrected chi connectivity index (χ2v) is 3.97. The second-order valence-electron chi connectivity index (χ2n) is 3.97. The number of carbonyl (C=O) groups excluding carboxylic acids is 1. The summed E-state index contributed by atoms with van der Waals surface area (Å²) in [6.07, 6.45) is 8.15. The van der Waals surface area contributed by atoms with Crippen molar-refractivity contribution in [1.29, 1.82) is 0 Å². The van der Waals surface area contributed by atoms with E-state index >= 15 is 0 Å². The van der Waals surface area contributed by atoms with Crippen LogP contribution in [-0.4, -0.2) is 17.6 Å². The summed E-state index contributed by atoms with van der Waals surface area (Å²) >= 11 is 0. The van der Waals surface area contributed by atoms with Crippen LogP contribution >= 0.6 is 0 Å². The Hall–Kier alpha value is -2.42. The molecule has 0 bridgehead atoms. The lowest BCUT2D eigenvalue weighted by molar-refractivity contribution is 0.0512. The number of rotatable bonds is 5. The molecule has 0 unspecified atom stereocenters. The zero-order valence-electron chi connectivity index (χ0n) is 10.5. The minimum Gasteiger partial charge on any atom is -0.462 e. The van der Waals surface area contributed by atoms with E-state index in [1.165, 1.54) is 0 Å². The monoisotopic (exact) mass is 253 g/mol. The molecule has 0 aliphatic rings. The van der Waals surface area contributed by atoms with Crippen molar-refractivity contribution in [2.45, 2.75) is 6.42 Å². The molecule has 1 aromatic heterocycles. The van der Waals surface area contributed by atoms with E-state index in [1.807, 2.05) is 42.5 Å². The largest absolute Gasteiger partial charge is 0.462 e. The van der Waals surface area contributed by atoms with Crippen molar-refractivity contribution in [1.82, 2.24) is 4.98 Å². The Morgan fingerprint density at radius 3 is 2.58 bits per heavy atom. The number of benzene rings is 1. The molecule has 0 aliphatic heterocycles. The third-order valence-electron chi connectivity index (χ3n) is 2.54. The molecule has 0 amide bonds. The van der Waals surface area contributed by atoms with Gasteiger partial charge in [0, 0.05) is 12.4 Å². The molecular formula is C16H15NO2. The number of aromatic nitrogens is 1. The van der Waals surface area contributed by atoms with Crippen molar-refractivity contribution in [3.63, 3.8) is 0 Å². The summed E-state index contributed by atoms with van der Waals surface area (Å²) in [5, 5.41) is 0. The minimum atomic E-state index is -0.280. The third kappa shape index (κ3) is 4.39. The summed E-state index contributed by atoms with van der Waals surface area (Å²) in [5.74, 6) is -0.280. The zero-order valence-corrected chi connectivity index (χ0v) is 10.5. The zero-order chi connectivity index (χ0) is 13.3. The van der Waals surface area contributed by atoms with Crippen LogP contribution < -0.4 is 0 Å². The summed E-state index contributed by atoms with van der Waals surface area (Å²) < 4.78 is 5.16. The molecule has 0 aliphatic carbocycles. The van der Waals surface area contributed by atoms with Gasteiger partial charge in [-0.15, -0.1) is 0 Å². The van der Waals surface area contributed by atoms with Gasteiger partial charge in [0.1, 0.15) is 0 Å². The molecule has 96 valence electrons. The lowest BCUT2D eigenvalue weighted by Gasteiger charge is -2.02. The smallest absolute Gasteiger partial charge is 0.338 e. The Kier molecular flexibility index (Phi) is 4.87. The van der Waals surface area contributed by atoms with Crippen LogP contribution in [0.25, 0.3) is 6.08 Å². The Bertz CT molecular complexity index is 535. The third-order valence-corrected chi connectivity index (χ3v) is 2.54. The summed E-state index contributed by atoms with van der Waals surface area (Å²) in [6, 6.07) is 12.8. The van der Waals surface area contributed by atoms with Crippen LogP contribution in [0.15, 0.2) is 60.9 Å². The minimum absolute atomic E-state index is 0.280. The highest BCUT2D eigenvalue weighted by Gasteiger charge is 2.03. The van der Waals surface area contributed by atoms with Crippen LogP contribution in [-0.2, 0) is 4.74 Å². The molecule has 0 radical (unpaired) electrons. The molecule has 19 heavy (non-hydrogen) atoms. The molecule has 0 saturated heterocycles. The predicted molar refractivity (Wildman–Crippen MR) is 74.6 cm³/mol. The van der Waals surface area contributed by atoms with Crippen LogP contribution in [0, 0.1) is 0 Å². The van der Waals surface area contributed by atoms with E-state index in [-0.39, 0.29) is 5.97 Å². The molecule has 2 rings (SSSR count).